The second-order valence-corrected chi connectivity index (χ2v) is 4.11. The molecular weight excluding hydrogens is 208 g/mol. The van der Waals surface area contributed by atoms with Crippen LogP contribution in [0.25, 0.3) is 0 Å². The molecule has 1 rings (SSSR count). The number of nitrogens with two attached hydrogens (primary N) is 1. The smallest absolute Gasteiger partial charge is 0.226 e. The summed E-state index contributed by atoms with van der Waals surface area (Å²) in [6.45, 7) is 3.55. The van der Waals surface area contributed by atoms with Crippen molar-refractivity contribution in [3.05, 3.63) is 0 Å². The first-order valence-corrected chi connectivity index (χ1v) is 5.83. The highest BCUT2D eigenvalue weighted by atomic mass is 16.5. The molecule has 0 bridgehead atoms. The van der Waals surface area contributed by atoms with Crippen LogP contribution in [0.3, 0.4) is 0 Å². The average molecular weight is 230 g/mol. The summed E-state index contributed by atoms with van der Waals surface area (Å²) in [6.07, 6.45) is 1.73. The van der Waals surface area contributed by atoms with Crippen molar-refractivity contribution in [3.63, 3.8) is 0 Å². The van der Waals surface area contributed by atoms with E-state index in [1.807, 2.05) is 6.92 Å². The fourth-order valence-corrected chi connectivity index (χ4v) is 2.03. The third-order valence-corrected chi connectivity index (χ3v) is 2.95. The number of carbonyl (C=O) groups is 1. The first-order valence-electron chi connectivity index (χ1n) is 5.83. The fourth-order valence-electron chi connectivity index (χ4n) is 2.03. The van der Waals surface area contributed by atoms with Crippen molar-refractivity contribution in [2.75, 3.05) is 26.9 Å². The van der Waals surface area contributed by atoms with Gasteiger partial charge in [-0.25, -0.2) is 0 Å². The van der Waals surface area contributed by atoms with Crippen LogP contribution in [-0.2, 0) is 14.3 Å². The van der Waals surface area contributed by atoms with Gasteiger partial charge in [0.15, 0.2) is 0 Å². The molecule has 16 heavy (non-hydrogen) atoms. The van der Waals surface area contributed by atoms with Crippen molar-refractivity contribution in [1.82, 2.24) is 5.32 Å². The number of hydrogen-bond donors (Lipinski definition) is 2. The monoisotopic (exact) mass is 230 g/mol. The van der Waals surface area contributed by atoms with Gasteiger partial charge in [0.1, 0.15) is 0 Å². The highest BCUT2D eigenvalue weighted by Crippen LogP contribution is 2.23. The summed E-state index contributed by atoms with van der Waals surface area (Å²) in [5.41, 5.74) is 5.55. The van der Waals surface area contributed by atoms with Gasteiger partial charge in [-0.1, -0.05) is 6.92 Å². The Balaban J connectivity index is 2.43. The maximum Gasteiger partial charge on any atom is 0.226 e. The molecule has 94 valence electrons. The number of amides is 1. The zero-order valence-electron chi connectivity index (χ0n) is 10.1. The van der Waals surface area contributed by atoms with Gasteiger partial charge >= 0.3 is 0 Å². The van der Waals surface area contributed by atoms with E-state index in [9.17, 15) is 4.79 Å². The molecule has 1 heterocycles. The second-order valence-electron chi connectivity index (χ2n) is 4.11. The molecule has 3 N–H and O–H groups in total. The summed E-state index contributed by atoms with van der Waals surface area (Å²) < 4.78 is 10.5. The number of nitrogens with one attached hydrogen (secondary N) is 1. The van der Waals surface area contributed by atoms with Gasteiger partial charge in [0.2, 0.25) is 5.91 Å². The molecule has 1 fully saturated rings. The first-order chi connectivity index (χ1) is 7.72. The highest BCUT2D eigenvalue weighted by Gasteiger charge is 2.33. The predicted octanol–water partition coefficient (Wildman–Crippen LogP) is -0.109. The molecule has 5 nitrogen and oxygen atoms in total. The van der Waals surface area contributed by atoms with Crippen LogP contribution in [0.5, 0.6) is 0 Å². The normalized spacial score (nSPS) is 26.7. The molecule has 1 aliphatic rings. The van der Waals surface area contributed by atoms with Gasteiger partial charge in [-0.15, -0.1) is 0 Å². The van der Waals surface area contributed by atoms with Gasteiger partial charge in [-0.3, -0.25) is 4.79 Å². The number of ether oxygens (including phenoxy) is 2. The van der Waals surface area contributed by atoms with Crippen molar-refractivity contribution in [1.29, 1.82) is 0 Å². The van der Waals surface area contributed by atoms with Gasteiger partial charge in [0, 0.05) is 20.3 Å². The third kappa shape index (κ3) is 3.43. The van der Waals surface area contributed by atoms with E-state index in [0.29, 0.717) is 19.8 Å². The lowest BCUT2D eigenvalue weighted by atomic mass is 9.98. The van der Waals surface area contributed by atoms with E-state index < -0.39 is 0 Å². The van der Waals surface area contributed by atoms with Crippen LogP contribution in [0.15, 0.2) is 0 Å². The van der Waals surface area contributed by atoms with Gasteiger partial charge in [0.25, 0.3) is 0 Å². The molecule has 5 heteroatoms. The Morgan fingerprint density at radius 1 is 1.69 bits per heavy atom. The van der Waals surface area contributed by atoms with E-state index >= 15 is 0 Å². The average Bonchev–Trinajstić information content (AvgIpc) is 2.76. The van der Waals surface area contributed by atoms with Crippen LogP contribution in [0.1, 0.15) is 19.8 Å². The molecule has 0 aromatic heterocycles. The number of rotatable bonds is 6. The Kier molecular flexibility index (Phi) is 5.73. The Hall–Kier alpha value is -0.650. The van der Waals surface area contributed by atoms with E-state index in [2.05, 4.69) is 5.32 Å². The van der Waals surface area contributed by atoms with E-state index in [1.54, 1.807) is 7.11 Å². The van der Waals surface area contributed by atoms with Crippen LogP contribution >= 0.6 is 0 Å². The van der Waals surface area contributed by atoms with Gasteiger partial charge < -0.3 is 20.5 Å². The van der Waals surface area contributed by atoms with E-state index in [4.69, 9.17) is 15.2 Å². The minimum Gasteiger partial charge on any atom is -0.383 e. The summed E-state index contributed by atoms with van der Waals surface area (Å²) >= 11 is 0. The lowest BCUT2D eigenvalue weighted by molar-refractivity contribution is -0.127. The molecule has 0 aromatic rings. The molecule has 1 saturated heterocycles. The Morgan fingerprint density at radius 2 is 2.44 bits per heavy atom. The zero-order valence-corrected chi connectivity index (χ0v) is 10.1. The van der Waals surface area contributed by atoms with Crippen molar-refractivity contribution < 1.29 is 14.3 Å². The Morgan fingerprint density at radius 3 is 3.00 bits per heavy atom. The standard InChI is InChI=1S/C11H22N2O3/c1-3-10-9(4-5-16-10)11(14)13-8(6-12)7-15-2/h8-10H,3-7,12H2,1-2H3,(H,13,14). The second kappa shape index (κ2) is 6.83. The Bertz CT molecular complexity index is 223. The SMILES string of the molecule is CCC1OCCC1C(=O)NC(CN)COC. The maximum atomic E-state index is 12.0. The molecule has 3 unspecified atom stereocenters. The molecule has 1 amide bonds. The van der Waals surface area contributed by atoms with Crippen molar-refractivity contribution in [2.24, 2.45) is 11.7 Å². The van der Waals surface area contributed by atoms with Crippen molar-refractivity contribution in [3.8, 4) is 0 Å². The maximum absolute atomic E-state index is 12.0. The highest BCUT2D eigenvalue weighted by molar-refractivity contribution is 5.79. The van der Waals surface area contributed by atoms with Crippen LogP contribution in [0, 0.1) is 5.92 Å². The lowest BCUT2D eigenvalue weighted by Gasteiger charge is -2.21. The van der Waals surface area contributed by atoms with E-state index in [0.717, 1.165) is 12.8 Å². The molecule has 0 aliphatic carbocycles. The third-order valence-electron chi connectivity index (χ3n) is 2.95. The van der Waals surface area contributed by atoms with Gasteiger partial charge in [0.05, 0.1) is 24.7 Å². The Labute approximate surface area is 96.7 Å². The fraction of sp³-hybridized carbons (Fsp3) is 0.909. The summed E-state index contributed by atoms with van der Waals surface area (Å²) in [4.78, 5) is 12.0. The van der Waals surface area contributed by atoms with Crippen LogP contribution in [-0.4, -0.2) is 44.9 Å². The predicted molar refractivity (Wildman–Crippen MR) is 61.0 cm³/mol. The minimum atomic E-state index is -0.101. The molecule has 0 saturated carbocycles. The summed E-state index contributed by atoms with van der Waals surface area (Å²) in [7, 11) is 1.60. The summed E-state index contributed by atoms with van der Waals surface area (Å²) in [5, 5.41) is 2.90. The molecule has 3 atom stereocenters. The minimum absolute atomic E-state index is 0.0316. The summed E-state index contributed by atoms with van der Waals surface area (Å²) in [6, 6.07) is -0.101. The van der Waals surface area contributed by atoms with Crippen LogP contribution in [0.4, 0.5) is 0 Å². The topological polar surface area (TPSA) is 73.6 Å². The molecule has 1 aliphatic heterocycles. The molecule has 0 aromatic carbocycles. The van der Waals surface area contributed by atoms with E-state index in [1.165, 1.54) is 0 Å². The molecule has 0 spiro atoms. The first kappa shape index (κ1) is 13.4. The number of carbonyl (C=O) groups excluding carboxylic acids is 1. The van der Waals surface area contributed by atoms with Crippen molar-refractivity contribution in [2.45, 2.75) is 31.9 Å². The van der Waals surface area contributed by atoms with Gasteiger partial charge in [-0.05, 0) is 12.8 Å². The largest absolute Gasteiger partial charge is 0.383 e. The quantitative estimate of drug-likeness (QED) is 0.668. The molecular formula is C11H22N2O3. The lowest BCUT2D eigenvalue weighted by Crippen LogP contribution is -2.47. The van der Waals surface area contributed by atoms with E-state index in [-0.39, 0.29) is 24.0 Å². The van der Waals surface area contributed by atoms with Crippen molar-refractivity contribution >= 4 is 5.91 Å². The number of hydrogen-bond acceptors (Lipinski definition) is 4. The zero-order chi connectivity index (χ0) is 12.0. The van der Waals surface area contributed by atoms with Crippen LogP contribution < -0.4 is 11.1 Å². The van der Waals surface area contributed by atoms with Crippen LogP contribution in [0.2, 0.25) is 0 Å². The van der Waals surface area contributed by atoms with Gasteiger partial charge in [-0.2, -0.15) is 0 Å². The molecule has 0 radical (unpaired) electrons. The summed E-state index contributed by atoms with van der Waals surface area (Å²) in [5.74, 6) is 0.00718. The number of methoxy groups -OCH3 is 1.